The van der Waals surface area contributed by atoms with Crippen LogP contribution in [0.5, 0.6) is 0 Å². The van der Waals surface area contributed by atoms with Gasteiger partial charge in [0, 0.05) is 23.5 Å². The fourth-order valence-electron chi connectivity index (χ4n) is 4.58. The summed E-state index contributed by atoms with van der Waals surface area (Å²) in [6, 6.07) is 12.7. The van der Waals surface area contributed by atoms with Gasteiger partial charge in [0.15, 0.2) is 0 Å². The number of carbonyl (C=O) groups excluding carboxylic acids is 1. The molecule has 0 aromatic heterocycles. The summed E-state index contributed by atoms with van der Waals surface area (Å²) in [5.74, 6) is 0.302. The summed E-state index contributed by atoms with van der Waals surface area (Å²) in [5, 5.41) is 12.8. The fourth-order valence-corrected chi connectivity index (χ4v) is 4.83. The van der Waals surface area contributed by atoms with Crippen molar-refractivity contribution in [2.24, 2.45) is 5.92 Å². The zero-order valence-electron chi connectivity index (χ0n) is 15.0. The number of fused-ring (bicyclic) bond motifs is 1. The van der Waals surface area contributed by atoms with Gasteiger partial charge in [-0.25, -0.2) is 0 Å². The maximum Gasteiger partial charge on any atom is 0.226 e. The number of aliphatic hydroxyl groups excluding tert-OH is 1. The van der Waals surface area contributed by atoms with Crippen LogP contribution in [0.15, 0.2) is 36.4 Å². The van der Waals surface area contributed by atoms with Crippen LogP contribution in [0.2, 0.25) is 5.02 Å². The number of nitrogens with zero attached hydrogens (tertiary/aromatic N) is 1. The van der Waals surface area contributed by atoms with E-state index in [1.54, 1.807) is 0 Å². The lowest BCUT2D eigenvalue weighted by molar-refractivity contribution is -0.142. The largest absolute Gasteiger partial charge is 0.393 e. The van der Waals surface area contributed by atoms with E-state index < -0.39 is 0 Å². The van der Waals surface area contributed by atoms with Crippen LogP contribution in [-0.2, 0) is 11.2 Å². The molecule has 2 fully saturated rings. The molecule has 0 radical (unpaired) electrons. The van der Waals surface area contributed by atoms with Gasteiger partial charge in [0.1, 0.15) is 0 Å². The van der Waals surface area contributed by atoms with Crippen molar-refractivity contribution >= 4 is 28.3 Å². The predicted octanol–water partition coefficient (Wildman–Crippen LogP) is 4.58. The fraction of sp³-hybridized carbons (Fsp3) is 0.500. The monoisotopic (exact) mass is 371 g/mol. The molecule has 1 saturated heterocycles. The van der Waals surface area contributed by atoms with Gasteiger partial charge in [0.05, 0.1) is 6.10 Å². The third-order valence-electron chi connectivity index (χ3n) is 6.07. The van der Waals surface area contributed by atoms with Crippen molar-refractivity contribution in [2.45, 2.75) is 57.1 Å². The summed E-state index contributed by atoms with van der Waals surface area (Å²) in [5.41, 5.74) is 1.07. The average molecular weight is 372 g/mol. The molecule has 1 atom stereocenters. The highest BCUT2D eigenvalue weighted by atomic mass is 35.5. The molecule has 0 bridgehead atoms. The van der Waals surface area contributed by atoms with E-state index in [1.165, 1.54) is 5.39 Å². The first-order chi connectivity index (χ1) is 12.6. The Morgan fingerprint density at radius 3 is 2.46 bits per heavy atom. The molecule has 1 unspecified atom stereocenters. The van der Waals surface area contributed by atoms with Crippen molar-refractivity contribution in [3.63, 3.8) is 0 Å². The topological polar surface area (TPSA) is 40.5 Å². The molecule has 2 aliphatic rings. The first-order valence-corrected chi connectivity index (χ1v) is 10.2. The molecule has 1 N–H and O–H groups in total. The lowest BCUT2D eigenvalue weighted by atomic mass is 9.86. The Morgan fingerprint density at radius 2 is 1.73 bits per heavy atom. The second-order valence-corrected chi connectivity index (χ2v) is 8.24. The Balaban J connectivity index is 1.51. The van der Waals surface area contributed by atoms with Crippen LogP contribution < -0.4 is 0 Å². The number of piperidine rings is 1. The van der Waals surface area contributed by atoms with Gasteiger partial charge in [-0.3, -0.25) is 4.79 Å². The summed E-state index contributed by atoms with van der Waals surface area (Å²) in [6.07, 6.45) is 6.01. The lowest BCUT2D eigenvalue weighted by Crippen LogP contribution is -2.49. The molecule has 4 rings (SSSR count). The Morgan fingerprint density at radius 1 is 1.04 bits per heavy atom. The van der Waals surface area contributed by atoms with Gasteiger partial charge >= 0.3 is 0 Å². The molecular formula is C22H26ClNO2. The molecular weight excluding hydrogens is 346 g/mol. The summed E-state index contributed by atoms with van der Waals surface area (Å²) in [7, 11) is 0. The highest BCUT2D eigenvalue weighted by Crippen LogP contribution is 2.32. The zero-order chi connectivity index (χ0) is 18.1. The molecule has 1 heterocycles. The van der Waals surface area contributed by atoms with Crippen LogP contribution in [0.25, 0.3) is 10.8 Å². The summed E-state index contributed by atoms with van der Waals surface area (Å²) in [6.45, 7) is 0.863. The third kappa shape index (κ3) is 3.60. The van der Waals surface area contributed by atoms with E-state index in [0.717, 1.165) is 61.0 Å². The van der Waals surface area contributed by atoms with Crippen molar-refractivity contribution in [1.82, 2.24) is 4.90 Å². The molecule has 1 amide bonds. The smallest absolute Gasteiger partial charge is 0.226 e. The molecule has 26 heavy (non-hydrogen) atoms. The summed E-state index contributed by atoms with van der Waals surface area (Å²) < 4.78 is 0. The van der Waals surface area contributed by atoms with E-state index >= 15 is 0 Å². The number of amides is 1. The van der Waals surface area contributed by atoms with Crippen LogP contribution in [0, 0.1) is 5.92 Å². The normalized spacial score (nSPS) is 27.1. The van der Waals surface area contributed by atoms with Crippen molar-refractivity contribution in [3.05, 3.63) is 47.0 Å². The second-order valence-electron chi connectivity index (χ2n) is 7.83. The first-order valence-electron chi connectivity index (χ1n) is 9.77. The Hall–Kier alpha value is -1.58. The quantitative estimate of drug-likeness (QED) is 0.858. The van der Waals surface area contributed by atoms with Crippen LogP contribution in [-0.4, -0.2) is 34.6 Å². The number of rotatable bonds is 3. The number of benzene rings is 2. The van der Waals surface area contributed by atoms with Crippen LogP contribution >= 0.6 is 11.6 Å². The van der Waals surface area contributed by atoms with Crippen LogP contribution in [0.3, 0.4) is 0 Å². The van der Waals surface area contributed by atoms with E-state index in [2.05, 4.69) is 23.1 Å². The molecule has 2 aromatic carbocycles. The Bertz CT molecular complexity index is 798. The summed E-state index contributed by atoms with van der Waals surface area (Å²) >= 11 is 6.52. The number of hydrogen-bond acceptors (Lipinski definition) is 2. The van der Waals surface area contributed by atoms with E-state index in [0.29, 0.717) is 12.5 Å². The summed E-state index contributed by atoms with van der Waals surface area (Å²) in [4.78, 5) is 15.2. The molecule has 0 spiro atoms. The van der Waals surface area contributed by atoms with E-state index in [4.69, 9.17) is 11.6 Å². The van der Waals surface area contributed by atoms with Gasteiger partial charge in [-0.2, -0.15) is 0 Å². The van der Waals surface area contributed by atoms with Gasteiger partial charge in [-0.15, -0.1) is 0 Å². The minimum absolute atomic E-state index is 0.0225. The van der Waals surface area contributed by atoms with E-state index in [-0.39, 0.29) is 17.9 Å². The van der Waals surface area contributed by atoms with E-state index in [1.807, 2.05) is 18.2 Å². The number of hydrogen-bond donors (Lipinski definition) is 1. The zero-order valence-corrected chi connectivity index (χ0v) is 15.8. The molecule has 138 valence electrons. The van der Waals surface area contributed by atoms with E-state index in [9.17, 15) is 9.90 Å². The van der Waals surface area contributed by atoms with Crippen LogP contribution in [0.1, 0.15) is 44.1 Å². The Kier molecular flexibility index (Phi) is 5.19. The van der Waals surface area contributed by atoms with Gasteiger partial charge in [-0.1, -0.05) is 35.9 Å². The van der Waals surface area contributed by atoms with Crippen molar-refractivity contribution in [2.75, 3.05) is 6.54 Å². The standard InChI is InChI=1S/C22H26ClNO2/c23-21-14-16-5-2-1-4-15(16)12-18(21)13-17-6-3-11-24(22(17)26)19-7-9-20(25)10-8-19/h1-2,4-5,12,14,17,19-20,25H,3,6-11,13H2. The van der Waals surface area contributed by atoms with Gasteiger partial charge in [-0.05, 0) is 73.4 Å². The molecule has 4 heteroatoms. The molecule has 1 aliphatic heterocycles. The molecule has 2 aromatic rings. The lowest BCUT2D eigenvalue weighted by Gasteiger charge is -2.40. The maximum absolute atomic E-state index is 13.1. The minimum Gasteiger partial charge on any atom is -0.393 e. The Labute approximate surface area is 159 Å². The SMILES string of the molecule is O=C1C(Cc2cc3ccccc3cc2Cl)CCCN1C1CCC(O)CC1. The molecule has 1 aliphatic carbocycles. The highest BCUT2D eigenvalue weighted by Gasteiger charge is 2.35. The average Bonchev–Trinajstić information content (AvgIpc) is 2.65. The van der Waals surface area contributed by atoms with Gasteiger partial charge in [0.25, 0.3) is 0 Å². The number of halogens is 1. The highest BCUT2D eigenvalue weighted by molar-refractivity contribution is 6.32. The molecule has 1 saturated carbocycles. The maximum atomic E-state index is 13.1. The van der Waals surface area contributed by atoms with Crippen molar-refractivity contribution in [3.8, 4) is 0 Å². The number of aliphatic hydroxyl groups is 1. The number of likely N-dealkylation sites (tertiary alicyclic amines) is 1. The van der Waals surface area contributed by atoms with Gasteiger partial charge < -0.3 is 10.0 Å². The predicted molar refractivity (Wildman–Crippen MR) is 105 cm³/mol. The van der Waals surface area contributed by atoms with Crippen LogP contribution in [0.4, 0.5) is 0 Å². The minimum atomic E-state index is -0.182. The van der Waals surface area contributed by atoms with Crippen molar-refractivity contribution in [1.29, 1.82) is 0 Å². The second kappa shape index (κ2) is 7.58. The first kappa shape index (κ1) is 17.8. The third-order valence-corrected chi connectivity index (χ3v) is 6.42. The number of carbonyl (C=O) groups is 1. The van der Waals surface area contributed by atoms with Crippen molar-refractivity contribution < 1.29 is 9.90 Å². The van der Waals surface area contributed by atoms with Gasteiger partial charge in [0.2, 0.25) is 5.91 Å². The molecule has 3 nitrogen and oxygen atoms in total.